The molecule has 0 spiro atoms. The van der Waals surface area contributed by atoms with E-state index in [1.165, 1.54) is 30.3 Å². The van der Waals surface area contributed by atoms with Gasteiger partial charge in [0, 0.05) is 23.6 Å². The molecule has 2 N–H and O–H groups in total. The average Bonchev–Trinajstić information content (AvgIpc) is 2.91. The third-order valence-corrected chi connectivity index (χ3v) is 9.21. The minimum Gasteiger partial charge on any atom is -0.299 e. The molecule has 4 aromatic rings. The number of anilines is 2. The van der Waals surface area contributed by atoms with Gasteiger partial charge in [0.1, 0.15) is 17.5 Å². The normalized spacial score (nSPS) is 14.9. The number of ketones is 2. The number of benzene rings is 4. The first-order valence-electron chi connectivity index (χ1n) is 11.9. The number of fused-ring (bicyclic) bond motifs is 1. The first kappa shape index (κ1) is 25.6. The molecule has 1 aliphatic carbocycles. The molecule has 1 saturated carbocycles. The van der Waals surface area contributed by atoms with Gasteiger partial charge in [-0.2, -0.15) is 0 Å². The number of nitrogens with one attached hydrogen (secondary N) is 2. The van der Waals surface area contributed by atoms with Crippen LogP contribution in [0, 0.1) is 0 Å². The Morgan fingerprint density at radius 1 is 0.605 bits per heavy atom. The molecule has 0 unspecified atom stereocenters. The molecular weight excluding hydrogens is 524 g/mol. The quantitative estimate of drug-likeness (QED) is 0.318. The van der Waals surface area contributed by atoms with E-state index < -0.39 is 26.0 Å². The molecule has 8 nitrogen and oxygen atoms in total. The van der Waals surface area contributed by atoms with E-state index in [4.69, 9.17) is 0 Å². The molecule has 0 bridgehead atoms. The molecule has 0 aliphatic heterocycles. The molecular formula is C28H24N2O6S2. The number of Topliss-reactive ketones (excluding diaryl/α,β-unsaturated/α-hetero) is 2. The zero-order valence-electron chi connectivity index (χ0n) is 20.1. The van der Waals surface area contributed by atoms with E-state index >= 15 is 0 Å². The summed E-state index contributed by atoms with van der Waals surface area (Å²) in [5.41, 5.74) is 0.317. The van der Waals surface area contributed by atoms with Crippen molar-refractivity contribution in [2.24, 2.45) is 0 Å². The van der Waals surface area contributed by atoms with Crippen LogP contribution < -0.4 is 9.44 Å². The van der Waals surface area contributed by atoms with Crippen molar-refractivity contribution in [3.05, 3.63) is 96.6 Å². The van der Waals surface area contributed by atoms with Crippen LogP contribution in [0.15, 0.2) is 101 Å². The molecule has 0 amide bonds. The summed E-state index contributed by atoms with van der Waals surface area (Å²) in [5, 5.41) is 0.749. The monoisotopic (exact) mass is 548 g/mol. The summed E-state index contributed by atoms with van der Waals surface area (Å²) in [4.78, 5) is 26.1. The Bertz CT molecular complexity index is 1740. The SMILES string of the molecule is O=C1CCCC(=O)C1c1cc(NS(=O)(=O)c2ccccc2)c2ccccc2c1NS(=O)(=O)c1ccccc1. The molecule has 0 aromatic heterocycles. The summed E-state index contributed by atoms with van der Waals surface area (Å²) < 4.78 is 58.3. The van der Waals surface area contributed by atoms with E-state index in [-0.39, 0.29) is 51.1 Å². The van der Waals surface area contributed by atoms with Gasteiger partial charge in [-0.05, 0) is 42.3 Å². The second kappa shape index (κ2) is 10.0. The van der Waals surface area contributed by atoms with Crippen LogP contribution in [0.1, 0.15) is 30.7 Å². The van der Waals surface area contributed by atoms with Gasteiger partial charge in [-0.3, -0.25) is 19.0 Å². The highest BCUT2D eigenvalue weighted by Crippen LogP contribution is 2.41. The maximum absolute atomic E-state index is 13.3. The van der Waals surface area contributed by atoms with E-state index in [9.17, 15) is 26.4 Å². The molecule has 0 radical (unpaired) electrons. The number of carbonyl (C=O) groups excluding carboxylic acids is 2. The van der Waals surface area contributed by atoms with Crippen LogP contribution in [0.2, 0.25) is 0 Å². The van der Waals surface area contributed by atoms with Gasteiger partial charge in [-0.25, -0.2) is 16.8 Å². The maximum Gasteiger partial charge on any atom is 0.261 e. The Balaban J connectivity index is 1.74. The fourth-order valence-electron chi connectivity index (χ4n) is 4.67. The van der Waals surface area contributed by atoms with Crippen LogP contribution in [0.4, 0.5) is 11.4 Å². The third-order valence-electron chi connectivity index (χ3n) is 6.46. The Labute approximate surface area is 220 Å². The Kier molecular flexibility index (Phi) is 6.77. The fourth-order valence-corrected chi connectivity index (χ4v) is 6.89. The van der Waals surface area contributed by atoms with Crippen LogP contribution in [-0.4, -0.2) is 28.4 Å². The maximum atomic E-state index is 13.3. The standard InChI is InChI=1S/C28H24N2O6S2/c31-25-16-9-17-26(32)27(25)23-18-24(29-37(33,34)19-10-3-1-4-11-19)21-14-7-8-15-22(21)28(23)30-38(35,36)20-12-5-2-6-13-20/h1-8,10-15,18,27,29-30H,9,16-17H2. The van der Waals surface area contributed by atoms with E-state index in [1.54, 1.807) is 60.7 Å². The fraction of sp³-hybridized carbons (Fsp3) is 0.143. The molecule has 194 valence electrons. The van der Waals surface area contributed by atoms with Crippen LogP contribution in [0.3, 0.4) is 0 Å². The molecule has 4 aromatic carbocycles. The van der Waals surface area contributed by atoms with Crippen molar-refractivity contribution in [1.82, 2.24) is 0 Å². The predicted octanol–water partition coefficient (Wildman–Crippen LogP) is 4.85. The van der Waals surface area contributed by atoms with Crippen LogP contribution >= 0.6 is 0 Å². The average molecular weight is 549 g/mol. The highest BCUT2D eigenvalue weighted by molar-refractivity contribution is 7.93. The molecule has 38 heavy (non-hydrogen) atoms. The summed E-state index contributed by atoms with van der Waals surface area (Å²) in [6.07, 6.45) is 0.749. The molecule has 1 aliphatic rings. The Morgan fingerprint density at radius 2 is 1.08 bits per heavy atom. The molecule has 1 fully saturated rings. The molecule has 0 saturated heterocycles. The molecule has 10 heteroatoms. The van der Waals surface area contributed by atoms with Crippen molar-refractivity contribution < 1.29 is 26.4 Å². The smallest absolute Gasteiger partial charge is 0.261 e. The lowest BCUT2D eigenvalue weighted by atomic mass is 9.80. The van der Waals surface area contributed by atoms with Gasteiger partial charge in [-0.1, -0.05) is 60.7 Å². The number of hydrogen-bond donors (Lipinski definition) is 2. The lowest BCUT2D eigenvalue weighted by molar-refractivity contribution is -0.131. The van der Waals surface area contributed by atoms with E-state index in [1.807, 2.05) is 0 Å². The molecule has 0 heterocycles. The summed E-state index contributed by atoms with van der Waals surface area (Å²) in [5.74, 6) is -1.90. The highest BCUT2D eigenvalue weighted by Gasteiger charge is 2.35. The van der Waals surface area contributed by atoms with Crippen molar-refractivity contribution in [2.75, 3.05) is 9.44 Å². The zero-order valence-corrected chi connectivity index (χ0v) is 21.8. The van der Waals surface area contributed by atoms with Crippen molar-refractivity contribution in [3.63, 3.8) is 0 Å². The van der Waals surface area contributed by atoms with Gasteiger partial charge in [0.15, 0.2) is 0 Å². The number of rotatable bonds is 7. The Morgan fingerprint density at radius 3 is 1.63 bits per heavy atom. The number of hydrogen-bond acceptors (Lipinski definition) is 6. The third kappa shape index (κ3) is 4.92. The first-order chi connectivity index (χ1) is 18.2. The summed E-state index contributed by atoms with van der Waals surface area (Å²) in [6.45, 7) is 0. The van der Waals surface area contributed by atoms with Gasteiger partial charge < -0.3 is 0 Å². The van der Waals surface area contributed by atoms with E-state index in [0.29, 0.717) is 17.2 Å². The van der Waals surface area contributed by atoms with E-state index in [0.717, 1.165) is 0 Å². The van der Waals surface area contributed by atoms with Gasteiger partial charge in [0.2, 0.25) is 0 Å². The largest absolute Gasteiger partial charge is 0.299 e. The summed E-state index contributed by atoms with van der Waals surface area (Å²) in [7, 11) is -8.13. The Hall–Kier alpha value is -4.02. The number of sulfonamides is 2. The summed E-state index contributed by atoms with van der Waals surface area (Å²) >= 11 is 0. The van der Waals surface area contributed by atoms with Gasteiger partial charge >= 0.3 is 0 Å². The topological polar surface area (TPSA) is 126 Å². The second-order valence-electron chi connectivity index (χ2n) is 8.99. The van der Waals surface area contributed by atoms with E-state index in [2.05, 4.69) is 9.44 Å². The predicted molar refractivity (Wildman–Crippen MR) is 145 cm³/mol. The minimum atomic E-state index is -4.10. The lowest BCUT2D eigenvalue weighted by Gasteiger charge is -2.25. The first-order valence-corrected chi connectivity index (χ1v) is 14.9. The summed E-state index contributed by atoms with van der Waals surface area (Å²) in [6, 6.07) is 23.5. The lowest BCUT2D eigenvalue weighted by Crippen LogP contribution is -2.28. The molecule has 0 atom stereocenters. The van der Waals surface area contributed by atoms with Crippen molar-refractivity contribution in [1.29, 1.82) is 0 Å². The second-order valence-corrected chi connectivity index (χ2v) is 12.4. The minimum absolute atomic E-state index is 0.00480. The van der Waals surface area contributed by atoms with Crippen molar-refractivity contribution in [3.8, 4) is 0 Å². The van der Waals surface area contributed by atoms with Crippen molar-refractivity contribution in [2.45, 2.75) is 35.0 Å². The molecule has 5 rings (SSSR count). The van der Waals surface area contributed by atoms with Gasteiger partial charge in [0.25, 0.3) is 20.0 Å². The van der Waals surface area contributed by atoms with Crippen LogP contribution in [0.25, 0.3) is 10.8 Å². The van der Waals surface area contributed by atoms with Crippen molar-refractivity contribution >= 4 is 53.8 Å². The van der Waals surface area contributed by atoms with Crippen LogP contribution in [0.5, 0.6) is 0 Å². The van der Waals surface area contributed by atoms with Gasteiger partial charge in [-0.15, -0.1) is 0 Å². The zero-order chi connectivity index (χ0) is 26.9. The highest BCUT2D eigenvalue weighted by atomic mass is 32.2. The van der Waals surface area contributed by atoms with Crippen LogP contribution in [-0.2, 0) is 29.6 Å². The number of carbonyl (C=O) groups is 2. The van der Waals surface area contributed by atoms with Gasteiger partial charge in [0.05, 0.1) is 21.2 Å².